The average molecular weight is 357 g/mol. The lowest BCUT2D eigenvalue weighted by Gasteiger charge is -2.05. The van der Waals surface area contributed by atoms with Gasteiger partial charge in [0.1, 0.15) is 0 Å². The third kappa shape index (κ3) is 5.69. The van der Waals surface area contributed by atoms with Gasteiger partial charge in [-0.1, -0.05) is 6.92 Å². The van der Waals surface area contributed by atoms with Gasteiger partial charge in [0.2, 0.25) is 5.91 Å². The number of benzene rings is 1. The molecule has 1 aromatic carbocycles. The average Bonchev–Trinajstić information content (AvgIpc) is 3.03. The number of hydrogen-bond donors (Lipinski definition) is 1. The van der Waals surface area contributed by atoms with E-state index in [9.17, 15) is 14.4 Å². The van der Waals surface area contributed by atoms with E-state index >= 15 is 0 Å². The summed E-state index contributed by atoms with van der Waals surface area (Å²) in [5.41, 5.74) is 2.12. The summed E-state index contributed by atoms with van der Waals surface area (Å²) in [7, 11) is 0. The van der Waals surface area contributed by atoms with Crippen molar-refractivity contribution in [1.29, 1.82) is 0 Å². The van der Waals surface area contributed by atoms with E-state index in [-0.39, 0.29) is 18.3 Å². The molecule has 0 atom stereocenters. The lowest BCUT2D eigenvalue weighted by molar-refractivity contribution is -0.136. The largest absolute Gasteiger partial charge is 0.454 e. The molecule has 5 nitrogen and oxygen atoms in total. The number of thiophene rings is 1. The highest BCUT2D eigenvalue weighted by atomic mass is 32.1. The Labute approximate surface area is 150 Å². The van der Waals surface area contributed by atoms with Crippen LogP contribution >= 0.6 is 11.3 Å². The molecule has 1 aromatic heterocycles. The second kappa shape index (κ2) is 8.94. The molecule has 130 valence electrons. The lowest BCUT2D eigenvalue weighted by atomic mass is 10.1. The molecule has 1 heterocycles. The zero-order valence-corrected chi connectivity index (χ0v) is 14.9. The maximum atomic E-state index is 12.0. The predicted octanol–water partition coefficient (Wildman–Crippen LogP) is 3.84. The molecule has 0 fully saturated rings. The molecule has 1 N–H and O–H groups in total. The van der Waals surface area contributed by atoms with Gasteiger partial charge in [0.05, 0.1) is 0 Å². The smallest absolute Gasteiger partial charge is 0.331 e. The number of aryl methyl sites for hydroxylation is 1. The summed E-state index contributed by atoms with van der Waals surface area (Å²) in [4.78, 5) is 36.0. The number of nitrogens with one attached hydrogen (secondary N) is 1. The van der Waals surface area contributed by atoms with Crippen LogP contribution in [0.5, 0.6) is 0 Å². The van der Waals surface area contributed by atoms with Gasteiger partial charge < -0.3 is 10.1 Å². The summed E-state index contributed by atoms with van der Waals surface area (Å²) in [6, 6.07) is 8.43. The SMILES string of the molecule is CCC(=O)Nc1ccc(C(=O)COC(=O)/C=C/c2sccc2C)cc1. The fourth-order valence-corrected chi connectivity index (χ4v) is 2.78. The van der Waals surface area contributed by atoms with Crippen molar-refractivity contribution in [2.75, 3.05) is 11.9 Å². The maximum absolute atomic E-state index is 12.0. The minimum atomic E-state index is -0.562. The van der Waals surface area contributed by atoms with Crippen molar-refractivity contribution in [3.8, 4) is 0 Å². The normalized spacial score (nSPS) is 10.6. The summed E-state index contributed by atoms with van der Waals surface area (Å²) >= 11 is 1.53. The summed E-state index contributed by atoms with van der Waals surface area (Å²) in [5.74, 6) is -0.962. The molecule has 1 amide bonds. The molecular formula is C19H19NO4S. The Kier molecular flexibility index (Phi) is 6.65. The monoisotopic (exact) mass is 357 g/mol. The van der Waals surface area contributed by atoms with Crippen LogP contribution in [0.1, 0.15) is 34.1 Å². The zero-order valence-electron chi connectivity index (χ0n) is 14.1. The van der Waals surface area contributed by atoms with Gasteiger partial charge in [0.25, 0.3) is 0 Å². The highest BCUT2D eigenvalue weighted by molar-refractivity contribution is 7.11. The molecule has 0 radical (unpaired) electrons. The molecule has 0 aliphatic heterocycles. The summed E-state index contributed by atoms with van der Waals surface area (Å²) < 4.78 is 4.97. The van der Waals surface area contributed by atoms with Gasteiger partial charge in [0.15, 0.2) is 12.4 Å². The number of rotatable bonds is 7. The van der Waals surface area contributed by atoms with Crippen LogP contribution in [-0.2, 0) is 14.3 Å². The first-order valence-corrected chi connectivity index (χ1v) is 8.69. The van der Waals surface area contributed by atoms with E-state index in [0.29, 0.717) is 17.7 Å². The van der Waals surface area contributed by atoms with E-state index in [2.05, 4.69) is 5.32 Å². The van der Waals surface area contributed by atoms with Crippen LogP contribution in [0.25, 0.3) is 6.08 Å². The Bertz CT molecular complexity index is 790. The van der Waals surface area contributed by atoms with Gasteiger partial charge in [-0.25, -0.2) is 4.79 Å². The maximum Gasteiger partial charge on any atom is 0.331 e. The van der Waals surface area contributed by atoms with E-state index in [4.69, 9.17) is 4.74 Å². The van der Waals surface area contributed by atoms with Crippen molar-refractivity contribution in [3.63, 3.8) is 0 Å². The van der Waals surface area contributed by atoms with Crippen molar-refractivity contribution in [3.05, 3.63) is 57.8 Å². The molecule has 0 bridgehead atoms. The fraction of sp³-hybridized carbons (Fsp3) is 0.211. The number of ketones is 1. The van der Waals surface area contributed by atoms with E-state index in [1.54, 1.807) is 37.3 Å². The number of carbonyl (C=O) groups is 3. The summed E-state index contributed by atoms with van der Waals surface area (Å²) in [5, 5.41) is 4.64. The third-order valence-electron chi connectivity index (χ3n) is 3.43. The van der Waals surface area contributed by atoms with Gasteiger partial charge in [-0.15, -0.1) is 11.3 Å². The molecular weight excluding hydrogens is 338 g/mol. The van der Waals surface area contributed by atoms with Crippen LogP contribution in [0.3, 0.4) is 0 Å². The Morgan fingerprint density at radius 1 is 1.16 bits per heavy atom. The number of carbonyl (C=O) groups excluding carboxylic acids is 3. The van der Waals surface area contributed by atoms with Crippen LogP contribution in [-0.4, -0.2) is 24.3 Å². The molecule has 0 aliphatic rings. The van der Waals surface area contributed by atoms with E-state index in [1.807, 2.05) is 18.4 Å². The molecule has 6 heteroatoms. The minimum Gasteiger partial charge on any atom is -0.454 e. The van der Waals surface area contributed by atoms with Gasteiger partial charge >= 0.3 is 5.97 Å². The molecule has 25 heavy (non-hydrogen) atoms. The number of ether oxygens (including phenoxy) is 1. The molecule has 0 unspecified atom stereocenters. The molecule has 2 rings (SSSR count). The van der Waals surface area contributed by atoms with Crippen LogP contribution in [0.2, 0.25) is 0 Å². The number of hydrogen-bond acceptors (Lipinski definition) is 5. The Balaban J connectivity index is 1.85. The molecule has 0 saturated carbocycles. The molecule has 0 spiro atoms. The van der Waals surface area contributed by atoms with Gasteiger partial charge in [-0.2, -0.15) is 0 Å². The second-order valence-electron chi connectivity index (χ2n) is 5.31. The predicted molar refractivity (Wildman–Crippen MR) is 98.7 cm³/mol. The van der Waals surface area contributed by atoms with Crippen molar-refractivity contribution in [2.24, 2.45) is 0 Å². The first-order valence-electron chi connectivity index (χ1n) is 7.81. The van der Waals surface area contributed by atoms with Crippen molar-refractivity contribution in [2.45, 2.75) is 20.3 Å². The van der Waals surface area contributed by atoms with Gasteiger partial charge in [-0.05, 0) is 54.3 Å². The molecule has 0 aliphatic carbocycles. The van der Waals surface area contributed by atoms with Crippen LogP contribution in [0.4, 0.5) is 5.69 Å². The van der Waals surface area contributed by atoms with Crippen molar-refractivity contribution >= 4 is 40.8 Å². The standard InChI is InChI=1S/C19H19NO4S/c1-3-18(22)20-15-6-4-14(5-7-15)16(21)12-24-19(23)9-8-17-13(2)10-11-25-17/h4-11H,3,12H2,1-2H3,(H,20,22)/b9-8+. The van der Waals surface area contributed by atoms with E-state index < -0.39 is 5.97 Å². The van der Waals surface area contributed by atoms with Crippen molar-refractivity contribution in [1.82, 2.24) is 0 Å². The first kappa shape index (κ1) is 18.6. The third-order valence-corrected chi connectivity index (χ3v) is 4.41. The summed E-state index contributed by atoms with van der Waals surface area (Å²) in [6.45, 7) is 3.39. The second-order valence-corrected chi connectivity index (χ2v) is 6.26. The number of esters is 1. The number of amides is 1. The summed E-state index contributed by atoms with van der Waals surface area (Å²) in [6.07, 6.45) is 3.38. The quantitative estimate of drug-likeness (QED) is 0.464. The van der Waals surface area contributed by atoms with Gasteiger partial charge in [-0.3, -0.25) is 9.59 Å². The first-order chi connectivity index (χ1) is 12.0. The fourth-order valence-electron chi connectivity index (χ4n) is 1.96. The highest BCUT2D eigenvalue weighted by Gasteiger charge is 2.09. The Morgan fingerprint density at radius 2 is 1.88 bits per heavy atom. The van der Waals surface area contributed by atoms with Gasteiger partial charge in [0, 0.05) is 28.6 Å². The Hall–Kier alpha value is -2.73. The van der Waals surface area contributed by atoms with Crippen LogP contribution in [0, 0.1) is 6.92 Å². The molecule has 2 aromatic rings. The number of Topliss-reactive ketones (excluding diaryl/α,β-unsaturated/α-hetero) is 1. The van der Waals surface area contributed by atoms with E-state index in [0.717, 1.165) is 10.4 Å². The van der Waals surface area contributed by atoms with Crippen LogP contribution < -0.4 is 5.32 Å². The molecule has 0 saturated heterocycles. The highest BCUT2D eigenvalue weighted by Crippen LogP contribution is 2.17. The van der Waals surface area contributed by atoms with Crippen LogP contribution in [0.15, 0.2) is 41.8 Å². The zero-order chi connectivity index (χ0) is 18.2. The number of anilines is 1. The topological polar surface area (TPSA) is 72.5 Å². The van der Waals surface area contributed by atoms with E-state index in [1.165, 1.54) is 17.4 Å². The van der Waals surface area contributed by atoms with Crippen molar-refractivity contribution < 1.29 is 19.1 Å². The Morgan fingerprint density at radius 3 is 2.48 bits per heavy atom. The lowest BCUT2D eigenvalue weighted by Crippen LogP contribution is -2.13. The minimum absolute atomic E-state index is 0.0965.